The number of benzene rings is 1. The summed E-state index contributed by atoms with van der Waals surface area (Å²) >= 11 is 0. The maximum Gasteiger partial charge on any atom is 0.292 e. The second kappa shape index (κ2) is 9.44. The number of fused-ring (bicyclic) bond motifs is 1. The van der Waals surface area contributed by atoms with E-state index in [0.717, 1.165) is 37.8 Å². The van der Waals surface area contributed by atoms with Gasteiger partial charge in [0.1, 0.15) is 0 Å². The van der Waals surface area contributed by atoms with Gasteiger partial charge >= 0.3 is 0 Å². The van der Waals surface area contributed by atoms with Gasteiger partial charge in [-0.2, -0.15) is 10.2 Å². The van der Waals surface area contributed by atoms with Crippen LogP contribution in [-0.4, -0.2) is 21.4 Å². The smallest absolute Gasteiger partial charge is 0.267 e. The molecule has 148 valence electrons. The van der Waals surface area contributed by atoms with Crippen molar-refractivity contribution in [1.82, 2.24) is 15.2 Å². The van der Waals surface area contributed by atoms with E-state index in [9.17, 15) is 9.59 Å². The number of hydrazone groups is 1. The second-order valence-corrected chi connectivity index (χ2v) is 7.15. The Morgan fingerprint density at radius 1 is 1.18 bits per heavy atom. The second-order valence-electron chi connectivity index (χ2n) is 7.15. The van der Waals surface area contributed by atoms with Gasteiger partial charge in [0.05, 0.1) is 11.1 Å². The zero-order chi connectivity index (χ0) is 19.9. The van der Waals surface area contributed by atoms with Gasteiger partial charge in [-0.15, -0.1) is 0 Å². The van der Waals surface area contributed by atoms with Gasteiger partial charge in [0.15, 0.2) is 5.69 Å². The molecule has 0 spiro atoms. The van der Waals surface area contributed by atoms with Crippen LogP contribution in [0.1, 0.15) is 69.3 Å². The Bertz CT molecular complexity index is 972. The lowest BCUT2D eigenvalue weighted by atomic mass is 10.1. The van der Waals surface area contributed by atoms with Crippen molar-refractivity contribution in [2.24, 2.45) is 5.10 Å². The van der Waals surface area contributed by atoms with Gasteiger partial charge < -0.3 is 0 Å². The Kier molecular flexibility index (Phi) is 6.74. The highest BCUT2D eigenvalue weighted by Crippen LogP contribution is 2.21. The first-order valence-electron chi connectivity index (χ1n) is 10.2. The fourth-order valence-corrected chi connectivity index (χ4v) is 3.54. The van der Waals surface area contributed by atoms with Crippen molar-refractivity contribution in [1.29, 1.82) is 0 Å². The number of aromatic nitrogens is 2. The zero-order valence-corrected chi connectivity index (χ0v) is 16.7. The number of aryl methyl sites for hydroxylation is 1. The first-order valence-corrected chi connectivity index (χ1v) is 10.2. The molecule has 3 rings (SSSR count). The van der Waals surface area contributed by atoms with Crippen LogP contribution in [0.5, 0.6) is 0 Å². The molecule has 6 heteroatoms. The number of hydrogen-bond donors (Lipinski definition) is 1. The van der Waals surface area contributed by atoms with Gasteiger partial charge in [0, 0.05) is 11.9 Å². The molecule has 0 unspecified atom stereocenters. The summed E-state index contributed by atoms with van der Waals surface area (Å²) in [4.78, 5) is 25.4. The third-order valence-corrected chi connectivity index (χ3v) is 5.00. The van der Waals surface area contributed by atoms with E-state index in [2.05, 4.69) is 28.6 Å². The van der Waals surface area contributed by atoms with Crippen molar-refractivity contribution in [3.8, 4) is 0 Å². The molecule has 0 saturated carbocycles. The molecule has 6 nitrogen and oxygen atoms in total. The van der Waals surface area contributed by atoms with Gasteiger partial charge in [0.25, 0.3) is 11.5 Å². The molecule has 1 amide bonds. The molecule has 0 bridgehead atoms. The Hall–Kier alpha value is -2.76. The predicted octanol–water partition coefficient (Wildman–Crippen LogP) is 4.19. The Morgan fingerprint density at radius 2 is 1.96 bits per heavy atom. The quantitative estimate of drug-likeness (QED) is 0.551. The van der Waals surface area contributed by atoms with E-state index < -0.39 is 0 Å². The van der Waals surface area contributed by atoms with Crippen LogP contribution in [0.25, 0.3) is 10.8 Å². The largest absolute Gasteiger partial charge is 0.292 e. The molecule has 2 aromatic rings. The number of rotatable bonds is 8. The highest BCUT2D eigenvalue weighted by molar-refractivity contribution is 6.06. The molecule has 0 atom stereocenters. The molecule has 0 aliphatic heterocycles. The van der Waals surface area contributed by atoms with Crippen molar-refractivity contribution in [3.63, 3.8) is 0 Å². The summed E-state index contributed by atoms with van der Waals surface area (Å²) < 4.78 is 1.37. The summed E-state index contributed by atoms with van der Waals surface area (Å²) in [6.07, 6.45) is 9.34. The predicted molar refractivity (Wildman–Crippen MR) is 113 cm³/mol. The first-order chi connectivity index (χ1) is 13.7. The lowest BCUT2D eigenvalue weighted by Gasteiger charge is -2.10. The lowest BCUT2D eigenvalue weighted by molar-refractivity contribution is 0.0949. The minimum Gasteiger partial charge on any atom is -0.267 e. The summed E-state index contributed by atoms with van der Waals surface area (Å²) in [5.74, 6) is -0.381. The third-order valence-electron chi connectivity index (χ3n) is 5.00. The molecule has 0 radical (unpaired) electrons. The number of nitrogens with one attached hydrogen (secondary N) is 1. The molecule has 1 aromatic heterocycles. The molecule has 1 aliphatic carbocycles. The van der Waals surface area contributed by atoms with Gasteiger partial charge in [-0.3, -0.25) is 9.59 Å². The average Bonchev–Trinajstić information content (AvgIpc) is 3.16. The monoisotopic (exact) mass is 380 g/mol. The average molecular weight is 380 g/mol. The lowest BCUT2D eigenvalue weighted by Crippen LogP contribution is -2.29. The number of unbranched alkanes of at least 4 members (excludes halogenated alkanes) is 2. The summed E-state index contributed by atoms with van der Waals surface area (Å²) in [6, 6.07) is 7.10. The van der Waals surface area contributed by atoms with Crippen LogP contribution < -0.4 is 11.0 Å². The van der Waals surface area contributed by atoms with Crippen molar-refractivity contribution in [3.05, 3.63) is 52.0 Å². The highest BCUT2D eigenvalue weighted by atomic mass is 16.2. The maximum atomic E-state index is 12.8. The van der Waals surface area contributed by atoms with Crippen LogP contribution in [0.15, 0.2) is 45.8 Å². The Labute approximate surface area is 165 Å². The number of carbonyl (C=O) groups excluding carboxylic acids is 1. The molecule has 0 saturated heterocycles. The standard InChI is InChI=1S/C22H28N4O2/c1-3-5-6-10-16-11-9-14-19(16)23-24-21(27)20-17-12-7-8-13-18(17)22(28)26(25-20)15-4-2/h7-8,11-13H,3-6,9-10,14-15H2,1-2H3,(H,24,27)/b23-19-. The fourth-order valence-electron chi connectivity index (χ4n) is 3.54. The van der Waals surface area contributed by atoms with Gasteiger partial charge in [-0.25, -0.2) is 10.1 Å². The van der Waals surface area contributed by atoms with Crippen molar-refractivity contribution < 1.29 is 4.79 Å². The molecule has 1 N–H and O–H groups in total. The van der Waals surface area contributed by atoms with Crippen LogP contribution in [0.4, 0.5) is 0 Å². The van der Waals surface area contributed by atoms with E-state index in [4.69, 9.17) is 0 Å². The summed E-state index contributed by atoms with van der Waals surface area (Å²) in [6.45, 7) is 4.64. The molecule has 28 heavy (non-hydrogen) atoms. The van der Waals surface area contributed by atoms with Crippen molar-refractivity contribution >= 4 is 22.4 Å². The zero-order valence-electron chi connectivity index (χ0n) is 16.7. The van der Waals surface area contributed by atoms with Crippen LogP contribution in [0.3, 0.4) is 0 Å². The number of carbonyl (C=O) groups is 1. The number of nitrogens with zero attached hydrogens (tertiary/aromatic N) is 3. The van der Waals surface area contributed by atoms with E-state index in [1.807, 2.05) is 13.0 Å². The minimum atomic E-state index is -0.381. The van der Waals surface area contributed by atoms with E-state index in [0.29, 0.717) is 17.3 Å². The highest BCUT2D eigenvalue weighted by Gasteiger charge is 2.18. The van der Waals surface area contributed by atoms with Gasteiger partial charge in [-0.1, -0.05) is 51.0 Å². The van der Waals surface area contributed by atoms with Gasteiger partial charge in [-0.05, 0) is 43.7 Å². The molecule has 1 aromatic carbocycles. The van der Waals surface area contributed by atoms with Crippen LogP contribution in [0, 0.1) is 0 Å². The molecular weight excluding hydrogens is 352 g/mol. The SMILES string of the molecule is CCCCCC1=CCC/C1=N/NC(=O)c1nn(CCC)c(=O)c2ccccc12. The fraction of sp³-hybridized carbons (Fsp3) is 0.455. The van der Waals surface area contributed by atoms with Crippen LogP contribution in [-0.2, 0) is 6.54 Å². The number of allylic oxidation sites excluding steroid dienone is 2. The summed E-state index contributed by atoms with van der Waals surface area (Å²) in [5.41, 5.74) is 4.93. The molecule has 1 aliphatic rings. The van der Waals surface area contributed by atoms with E-state index in [1.54, 1.807) is 18.2 Å². The normalized spacial score (nSPS) is 15.2. The number of amides is 1. The van der Waals surface area contributed by atoms with Crippen molar-refractivity contribution in [2.45, 2.75) is 65.3 Å². The Morgan fingerprint density at radius 3 is 2.71 bits per heavy atom. The first kappa shape index (κ1) is 20.0. The summed E-state index contributed by atoms with van der Waals surface area (Å²) in [5, 5.41) is 9.77. The van der Waals surface area contributed by atoms with Crippen molar-refractivity contribution in [2.75, 3.05) is 0 Å². The minimum absolute atomic E-state index is 0.169. The van der Waals surface area contributed by atoms with E-state index in [-0.39, 0.29) is 17.2 Å². The maximum absolute atomic E-state index is 12.8. The van der Waals surface area contributed by atoms with Crippen LogP contribution in [0.2, 0.25) is 0 Å². The molecule has 1 heterocycles. The van der Waals surface area contributed by atoms with E-state index >= 15 is 0 Å². The molecule has 0 fully saturated rings. The van der Waals surface area contributed by atoms with E-state index in [1.165, 1.54) is 23.1 Å². The molecular formula is C22H28N4O2. The third kappa shape index (κ3) is 4.38. The number of hydrogen-bond acceptors (Lipinski definition) is 4. The summed E-state index contributed by atoms with van der Waals surface area (Å²) in [7, 11) is 0. The Balaban J connectivity index is 1.85. The van der Waals surface area contributed by atoms with Gasteiger partial charge in [0.2, 0.25) is 0 Å². The topological polar surface area (TPSA) is 76.3 Å². The van der Waals surface area contributed by atoms with Crippen LogP contribution >= 0.6 is 0 Å².